The lowest BCUT2D eigenvalue weighted by Crippen LogP contribution is -2.31. The third-order valence-electron chi connectivity index (χ3n) is 3.04. The molecule has 1 amide bonds. The van der Waals surface area contributed by atoms with Gasteiger partial charge in [-0.15, -0.1) is 0 Å². The Morgan fingerprint density at radius 3 is 2.17 bits per heavy atom. The third kappa shape index (κ3) is 4.40. The van der Waals surface area contributed by atoms with Crippen molar-refractivity contribution < 1.29 is 22.7 Å². The summed E-state index contributed by atoms with van der Waals surface area (Å²) in [5, 5.41) is 0. The van der Waals surface area contributed by atoms with Gasteiger partial charge in [-0.1, -0.05) is 30.3 Å². The molecule has 0 bridgehead atoms. The van der Waals surface area contributed by atoms with Gasteiger partial charge in [0.2, 0.25) is 5.91 Å². The van der Waals surface area contributed by atoms with Gasteiger partial charge >= 0.3 is 5.97 Å². The van der Waals surface area contributed by atoms with Gasteiger partial charge in [0.25, 0.3) is 10.0 Å². The number of carbonyl (C=O) groups excluding carboxylic acids is 2. The summed E-state index contributed by atoms with van der Waals surface area (Å²) in [6.07, 6.45) is -0.118. The van der Waals surface area contributed by atoms with E-state index >= 15 is 0 Å². The molecule has 7 heteroatoms. The Labute approximate surface area is 134 Å². The number of esters is 1. The highest BCUT2D eigenvalue weighted by Crippen LogP contribution is 2.09. The second-order valence-corrected chi connectivity index (χ2v) is 6.39. The summed E-state index contributed by atoms with van der Waals surface area (Å²) in [4.78, 5) is 23.2. The van der Waals surface area contributed by atoms with E-state index in [0.717, 1.165) is 0 Å². The summed E-state index contributed by atoms with van der Waals surface area (Å²) in [7, 11) is -2.60. The first-order valence-electron chi connectivity index (χ1n) is 6.70. The summed E-state index contributed by atoms with van der Waals surface area (Å²) >= 11 is 0. The number of sulfonamides is 1. The molecule has 0 unspecified atom stereocenters. The van der Waals surface area contributed by atoms with Crippen LogP contribution in [0.1, 0.15) is 15.9 Å². The van der Waals surface area contributed by atoms with Crippen LogP contribution in [0.25, 0.3) is 0 Å². The van der Waals surface area contributed by atoms with Gasteiger partial charge in [-0.25, -0.2) is 17.9 Å². The Balaban J connectivity index is 2.04. The van der Waals surface area contributed by atoms with E-state index < -0.39 is 21.9 Å². The quantitative estimate of drug-likeness (QED) is 0.838. The summed E-state index contributed by atoms with van der Waals surface area (Å²) in [6.45, 7) is 0. The van der Waals surface area contributed by atoms with Crippen LogP contribution in [-0.4, -0.2) is 27.4 Å². The van der Waals surface area contributed by atoms with Gasteiger partial charge in [0.15, 0.2) is 0 Å². The molecule has 0 saturated carbocycles. The fourth-order valence-corrected chi connectivity index (χ4v) is 2.91. The maximum absolute atomic E-state index is 12.0. The highest BCUT2D eigenvalue weighted by molar-refractivity contribution is 7.90. The molecule has 2 aromatic carbocycles. The minimum atomic E-state index is -3.88. The van der Waals surface area contributed by atoms with Gasteiger partial charge in [-0.05, 0) is 29.8 Å². The zero-order valence-electron chi connectivity index (χ0n) is 12.4. The molecule has 1 N–H and O–H groups in total. The Bertz CT molecular complexity index is 798. The Morgan fingerprint density at radius 1 is 1.00 bits per heavy atom. The molecule has 0 fully saturated rings. The third-order valence-corrected chi connectivity index (χ3v) is 4.43. The largest absolute Gasteiger partial charge is 0.465 e. The highest BCUT2D eigenvalue weighted by atomic mass is 32.2. The summed E-state index contributed by atoms with van der Waals surface area (Å²) in [6, 6.07) is 13.8. The minimum Gasteiger partial charge on any atom is -0.465 e. The minimum absolute atomic E-state index is 0.0226. The van der Waals surface area contributed by atoms with E-state index in [0.29, 0.717) is 11.1 Å². The number of ether oxygens (including phenoxy) is 1. The van der Waals surface area contributed by atoms with Gasteiger partial charge < -0.3 is 4.74 Å². The lowest BCUT2D eigenvalue weighted by molar-refractivity contribution is -0.118. The van der Waals surface area contributed by atoms with Crippen LogP contribution in [0, 0.1) is 0 Å². The molecule has 0 heterocycles. The average molecular weight is 333 g/mol. The monoisotopic (exact) mass is 333 g/mol. The zero-order chi connectivity index (χ0) is 16.9. The van der Waals surface area contributed by atoms with Gasteiger partial charge in [-0.3, -0.25) is 4.79 Å². The average Bonchev–Trinajstić information content (AvgIpc) is 2.55. The Kier molecular flexibility index (Phi) is 5.13. The van der Waals surface area contributed by atoms with Gasteiger partial charge in [0.05, 0.1) is 24.0 Å². The molecule has 120 valence electrons. The molecule has 0 aliphatic carbocycles. The van der Waals surface area contributed by atoms with Crippen LogP contribution in [0.4, 0.5) is 0 Å². The van der Waals surface area contributed by atoms with Crippen molar-refractivity contribution in [2.45, 2.75) is 11.3 Å². The molecule has 0 saturated heterocycles. The predicted octanol–water partition coefficient (Wildman–Crippen LogP) is 1.52. The van der Waals surface area contributed by atoms with Crippen molar-refractivity contribution in [1.82, 2.24) is 4.72 Å². The number of rotatable bonds is 5. The highest BCUT2D eigenvalue weighted by Gasteiger charge is 2.17. The normalized spacial score (nSPS) is 10.8. The fourth-order valence-electron chi connectivity index (χ4n) is 1.91. The number of hydrogen-bond donors (Lipinski definition) is 1. The van der Waals surface area contributed by atoms with Crippen molar-refractivity contribution in [2.24, 2.45) is 0 Å². The van der Waals surface area contributed by atoms with E-state index in [2.05, 4.69) is 4.74 Å². The number of hydrogen-bond acceptors (Lipinski definition) is 5. The molecule has 0 atom stereocenters. The van der Waals surface area contributed by atoms with E-state index in [4.69, 9.17) is 0 Å². The first kappa shape index (κ1) is 16.7. The first-order chi connectivity index (χ1) is 10.9. The number of amides is 1. The number of benzene rings is 2. The molecule has 6 nitrogen and oxygen atoms in total. The molecule has 0 aliphatic heterocycles. The van der Waals surface area contributed by atoms with Gasteiger partial charge in [-0.2, -0.15) is 0 Å². The molecule has 0 radical (unpaired) electrons. The van der Waals surface area contributed by atoms with E-state index in [1.54, 1.807) is 30.3 Å². The smallest absolute Gasteiger partial charge is 0.337 e. The zero-order valence-corrected chi connectivity index (χ0v) is 13.2. The van der Waals surface area contributed by atoms with E-state index in [1.807, 2.05) is 4.72 Å². The molecule has 0 aromatic heterocycles. The molecular weight excluding hydrogens is 318 g/mol. The van der Waals surface area contributed by atoms with Crippen molar-refractivity contribution in [3.8, 4) is 0 Å². The van der Waals surface area contributed by atoms with Crippen LogP contribution in [0.15, 0.2) is 59.5 Å². The Hall–Kier alpha value is -2.67. The van der Waals surface area contributed by atoms with Gasteiger partial charge in [0.1, 0.15) is 0 Å². The van der Waals surface area contributed by atoms with Crippen molar-refractivity contribution >= 4 is 21.9 Å². The van der Waals surface area contributed by atoms with Crippen molar-refractivity contribution in [3.63, 3.8) is 0 Å². The predicted molar refractivity (Wildman–Crippen MR) is 83.3 cm³/mol. The van der Waals surface area contributed by atoms with E-state index in [1.165, 1.54) is 31.4 Å². The molecule has 0 aliphatic rings. The maximum Gasteiger partial charge on any atom is 0.337 e. The van der Waals surface area contributed by atoms with Crippen molar-refractivity contribution in [2.75, 3.05) is 7.11 Å². The lowest BCUT2D eigenvalue weighted by atomic mass is 10.1. The van der Waals surface area contributed by atoms with E-state index in [-0.39, 0.29) is 11.3 Å². The number of nitrogens with one attached hydrogen (secondary N) is 1. The van der Waals surface area contributed by atoms with Crippen LogP contribution in [-0.2, 0) is 26.0 Å². The second-order valence-electron chi connectivity index (χ2n) is 4.71. The fraction of sp³-hybridized carbons (Fsp3) is 0.125. The van der Waals surface area contributed by atoms with Crippen LogP contribution < -0.4 is 4.72 Å². The Morgan fingerprint density at radius 2 is 1.61 bits per heavy atom. The van der Waals surface area contributed by atoms with Crippen LogP contribution >= 0.6 is 0 Å². The topological polar surface area (TPSA) is 89.5 Å². The SMILES string of the molecule is COC(=O)c1ccc(CC(=O)NS(=O)(=O)c2ccccc2)cc1. The van der Waals surface area contributed by atoms with E-state index in [9.17, 15) is 18.0 Å². The molecule has 23 heavy (non-hydrogen) atoms. The molecule has 2 aromatic rings. The molecular formula is C16H15NO5S. The van der Waals surface area contributed by atoms with Crippen molar-refractivity contribution in [3.05, 3.63) is 65.7 Å². The van der Waals surface area contributed by atoms with Crippen LogP contribution in [0.5, 0.6) is 0 Å². The summed E-state index contributed by atoms with van der Waals surface area (Å²) < 4.78 is 30.6. The molecule has 2 rings (SSSR count). The van der Waals surface area contributed by atoms with Crippen LogP contribution in [0.3, 0.4) is 0 Å². The van der Waals surface area contributed by atoms with Crippen molar-refractivity contribution in [1.29, 1.82) is 0 Å². The number of methoxy groups -OCH3 is 1. The van der Waals surface area contributed by atoms with Crippen LogP contribution in [0.2, 0.25) is 0 Å². The summed E-state index contributed by atoms with van der Waals surface area (Å²) in [5.41, 5.74) is 0.937. The lowest BCUT2D eigenvalue weighted by Gasteiger charge is -2.07. The first-order valence-corrected chi connectivity index (χ1v) is 8.18. The molecule has 0 spiro atoms. The van der Waals surface area contributed by atoms with Gasteiger partial charge in [0, 0.05) is 0 Å². The second kappa shape index (κ2) is 7.06. The number of carbonyl (C=O) groups is 2. The summed E-state index contributed by atoms with van der Waals surface area (Å²) in [5.74, 6) is -1.13. The maximum atomic E-state index is 12.0. The standard InChI is InChI=1S/C16H15NO5S/c1-22-16(19)13-9-7-12(8-10-13)11-15(18)17-23(20,21)14-5-3-2-4-6-14/h2-10H,11H2,1H3,(H,17,18).